The second kappa shape index (κ2) is 5.50. The lowest BCUT2D eigenvalue weighted by atomic mass is 10.1. The van der Waals surface area contributed by atoms with Crippen molar-refractivity contribution in [3.8, 4) is 0 Å². The van der Waals surface area contributed by atoms with Crippen LogP contribution in [0.4, 0.5) is 4.39 Å². The molecule has 2 rings (SSSR count). The van der Waals surface area contributed by atoms with Crippen molar-refractivity contribution in [2.24, 2.45) is 0 Å². The minimum atomic E-state index is -3.55. The summed E-state index contributed by atoms with van der Waals surface area (Å²) in [5, 5.41) is -0.828. The SMILES string of the molecule is [NH3+]C[C@@H](c1cccc(F)c1)S(=O)(=O)c1ccccc1. The molecule has 0 amide bonds. The molecule has 0 heterocycles. The molecule has 0 aliphatic rings. The maximum Gasteiger partial charge on any atom is 0.190 e. The van der Waals surface area contributed by atoms with E-state index in [0.717, 1.165) is 0 Å². The summed E-state index contributed by atoms with van der Waals surface area (Å²) in [7, 11) is -3.55. The van der Waals surface area contributed by atoms with E-state index >= 15 is 0 Å². The quantitative estimate of drug-likeness (QED) is 0.924. The zero-order valence-electron chi connectivity index (χ0n) is 10.3. The molecule has 19 heavy (non-hydrogen) atoms. The lowest BCUT2D eigenvalue weighted by Crippen LogP contribution is -2.54. The highest BCUT2D eigenvalue weighted by molar-refractivity contribution is 7.91. The molecule has 1 atom stereocenters. The Balaban J connectivity index is 2.48. The number of quaternary nitrogens is 1. The molecule has 3 N–H and O–H groups in total. The first kappa shape index (κ1) is 13.7. The third-order valence-corrected chi connectivity index (χ3v) is 5.12. The average molecular weight is 280 g/mol. The van der Waals surface area contributed by atoms with Crippen LogP contribution >= 0.6 is 0 Å². The van der Waals surface area contributed by atoms with Gasteiger partial charge in [-0.3, -0.25) is 0 Å². The highest BCUT2D eigenvalue weighted by Crippen LogP contribution is 2.27. The van der Waals surface area contributed by atoms with Crippen molar-refractivity contribution in [3.05, 3.63) is 66.0 Å². The van der Waals surface area contributed by atoms with Crippen molar-refractivity contribution in [2.75, 3.05) is 6.54 Å². The van der Waals surface area contributed by atoms with Gasteiger partial charge in [0.05, 0.1) is 11.4 Å². The molecule has 0 saturated carbocycles. The summed E-state index contributed by atoms with van der Waals surface area (Å²) < 4.78 is 38.3. The Morgan fingerprint density at radius 3 is 2.32 bits per heavy atom. The number of rotatable bonds is 4. The fraction of sp³-hybridized carbons (Fsp3) is 0.143. The van der Waals surface area contributed by atoms with E-state index in [1.165, 1.54) is 30.3 Å². The first-order chi connectivity index (χ1) is 9.05. The van der Waals surface area contributed by atoms with Crippen LogP contribution in [0.5, 0.6) is 0 Å². The van der Waals surface area contributed by atoms with Crippen molar-refractivity contribution < 1.29 is 18.5 Å². The first-order valence-electron chi connectivity index (χ1n) is 5.89. The Morgan fingerprint density at radius 2 is 1.74 bits per heavy atom. The molecule has 2 aromatic carbocycles. The summed E-state index contributed by atoms with van der Waals surface area (Å²) in [4.78, 5) is 0.230. The predicted octanol–water partition coefficient (Wildman–Crippen LogP) is 1.58. The van der Waals surface area contributed by atoms with Gasteiger partial charge in [0, 0.05) is 0 Å². The van der Waals surface area contributed by atoms with Crippen molar-refractivity contribution >= 4 is 9.84 Å². The third-order valence-electron chi connectivity index (χ3n) is 2.93. The summed E-state index contributed by atoms with van der Waals surface area (Å²) in [6.45, 7) is 0.153. The van der Waals surface area contributed by atoms with Gasteiger partial charge in [0.2, 0.25) is 0 Å². The first-order valence-corrected chi connectivity index (χ1v) is 7.44. The van der Waals surface area contributed by atoms with Crippen LogP contribution in [-0.2, 0) is 9.84 Å². The van der Waals surface area contributed by atoms with E-state index in [9.17, 15) is 12.8 Å². The molecule has 0 saturated heterocycles. The van der Waals surface area contributed by atoms with E-state index in [1.807, 2.05) is 0 Å². The van der Waals surface area contributed by atoms with Gasteiger partial charge in [-0.25, -0.2) is 12.8 Å². The second-order valence-corrected chi connectivity index (χ2v) is 6.32. The molecule has 0 radical (unpaired) electrons. The lowest BCUT2D eigenvalue weighted by molar-refractivity contribution is -0.367. The van der Waals surface area contributed by atoms with Crippen LogP contribution in [0.2, 0.25) is 0 Å². The summed E-state index contributed by atoms with van der Waals surface area (Å²) in [6.07, 6.45) is 0. The maximum atomic E-state index is 13.2. The van der Waals surface area contributed by atoms with Crippen molar-refractivity contribution in [3.63, 3.8) is 0 Å². The molecule has 100 valence electrons. The molecule has 0 aliphatic carbocycles. The average Bonchev–Trinajstić information content (AvgIpc) is 2.40. The zero-order valence-corrected chi connectivity index (χ0v) is 11.1. The Hall–Kier alpha value is -1.72. The van der Waals surface area contributed by atoms with E-state index in [1.54, 1.807) is 24.3 Å². The molecule has 3 nitrogen and oxygen atoms in total. The van der Waals surface area contributed by atoms with Crippen LogP contribution in [0, 0.1) is 5.82 Å². The number of hydrogen-bond donors (Lipinski definition) is 1. The van der Waals surface area contributed by atoms with Gasteiger partial charge in [0.25, 0.3) is 0 Å². The monoisotopic (exact) mass is 280 g/mol. The fourth-order valence-corrected chi connectivity index (χ4v) is 3.66. The van der Waals surface area contributed by atoms with Crippen LogP contribution in [0.1, 0.15) is 10.8 Å². The van der Waals surface area contributed by atoms with Crippen molar-refractivity contribution in [1.29, 1.82) is 0 Å². The van der Waals surface area contributed by atoms with Crippen molar-refractivity contribution in [1.82, 2.24) is 0 Å². The Kier molecular flexibility index (Phi) is 3.97. The van der Waals surface area contributed by atoms with Gasteiger partial charge in [-0.1, -0.05) is 30.3 Å². The summed E-state index contributed by atoms with van der Waals surface area (Å²) in [6, 6.07) is 13.8. The van der Waals surface area contributed by atoms with Gasteiger partial charge < -0.3 is 5.73 Å². The molecule has 0 aromatic heterocycles. The van der Waals surface area contributed by atoms with Crippen LogP contribution in [-0.4, -0.2) is 15.0 Å². The zero-order chi connectivity index (χ0) is 13.9. The van der Waals surface area contributed by atoms with Crippen LogP contribution in [0.25, 0.3) is 0 Å². The van der Waals surface area contributed by atoms with Gasteiger partial charge in [0.15, 0.2) is 9.84 Å². The largest absolute Gasteiger partial charge is 0.356 e. The number of benzene rings is 2. The second-order valence-electron chi connectivity index (χ2n) is 4.19. The highest BCUT2D eigenvalue weighted by Gasteiger charge is 2.29. The van der Waals surface area contributed by atoms with Gasteiger partial charge in [0.1, 0.15) is 11.1 Å². The third kappa shape index (κ3) is 2.83. The summed E-state index contributed by atoms with van der Waals surface area (Å²) in [5.74, 6) is -0.445. The molecular weight excluding hydrogens is 265 g/mol. The lowest BCUT2D eigenvalue weighted by Gasteiger charge is -2.14. The van der Waals surface area contributed by atoms with E-state index < -0.39 is 20.9 Å². The van der Waals surface area contributed by atoms with E-state index in [-0.39, 0.29) is 11.4 Å². The van der Waals surface area contributed by atoms with Gasteiger partial charge >= 0.3 is 0 Å². The molecule has 0 spiro atoms. The van der Waals surface area contributed by atoms with E-state index in [4.69, 9.17) is 0 Å². The highest BCUT2D eigenvalue weighted by atomic mass is 32.2. The van der Waals surface area contributed by atoms with E-state index in [2.05, 4.69) is 5.73 Å². The summed E-state index contributed by atoms with van der Waals surface area (Å²) in [5.41, 5.74) is 4.11. The van der Waals surface area contributed by atoms with Crippen LogP contribution in [0.3, 0.4) is 0 Å². The minimum absolute atomic E-state index is 0.153. The Morgan fingerprint density at radius 1 is 1.05 bits per heavy atom. The van der Waals surface area contributed by atoms with E-state index in [0.29, 0.717) is 5.56 Å². The topological polar surface area (TPSA) is 61.8 Å². The molecular formula is C14H15FNO2S+. The predicted molar refractivity (Wildman–Crippen MR) is 70.5 cm³/mol. The molecule has 2 aromatic rings. The Labute approximate surface area is 111 Å². The standard InChI is InChI=1S/C14H14FNO2S/c15-12-6-4-5-11(9-12)14(10-16)19(17,18)13-7-2-1-3-8-13/h1-9,14H,10,16H2/p+1/t14-/m0/s1. The van der Waals surface area contributed by atoms with Gasteiger partial charge in [-0.05, 0) is 29.8 Å². The maximum absolute atomic E-state index is 13.2. The Bertz CT molecular complexity index is 656. The molecule has 0 aliphatic heterocycles. The number of hydrogen-bond acceptors (Lipinski definition) is 2. The molecule has 5 heteroatoms. The summed E-state index contributed by atoms with van der Waals surface area (Å²) >= 11 is 0. The normalized spacial score (nSPS) is 13.2. The molecule has 0 unspecified atom stereocenters. The molecule has 0 bridgehead atoms. The number of sulfone groups is 1. The smallest absolute Gasteiger partial charge is 0.190 e. The van der Waals surface area contributed by atoms with Crippen LogP contribution < -0.4 is 5.73 Å². The van der Waals surface area contributed by atoms with Crippen LogP contribution in [0.15, 0.2) is 59.5 Å². The van der Waals surface area contributed by atoms with Gasteiger partial charge in [-0.2, -0.15) is 0 Å². The number of halogens is 1. The van der Waals surface area contributed by atoms with Crippen molar-refractivity contribution in [2.45, 2.75) is 10.1 Å². The molecule has 0 fully saturated rings. The fourth-order valence-electron chi connectivity index (χ4n) is 1.98. The minimum Gasteiger partial charge on any atom is -0.356 e. The van der Waals surface area contributed by atoms with Gasteiger partial charge in [-0.15, -0.1) is 0 Å².